The largest absolute Gasteiger partial charge is 0.342 e. The van der Waals surface area contributed by atoms with Crippen LogP contribution in [0.2, 0.25) is 0 Å². The van der Waals surface area contributed by atoms with Gasteiger partial charge in [0.15, 0.2) is 0 Å². The Kier molecular flexibility index (Phi) is 5.11. The van der Waals surface area contributed by atoms with Crippen molar-refractivity contribution in [2.24, 2.45) is 17.3 Å². The number of likely N-dealkylation sites (tertiary alicyclic amines) is 2. The molecule has 2 aliphatic rings. The predicted molar refractivity (Wildman–Crippen MR) is 96.5 cm³/mol. The quantitative estimate of drug-likeness (QED) is 0.830. The lowest BCUT2D eigenvalue weighted by molar-refractivity contribution is -0.142. The van der Waals surface area contributed by atoms with Gasteiger partial charge >= 0.3 is 0 Å². The number of amides is 2. The normalized spacial score (nSPS) is 24.7. The van der Waals surface area contributed by atoms with Crippen molar-refractivity contribution in [3.8, 4) is 0 Å². The van der Waals surface area contributed by atoms with E-state index in [2.05, 4.69) is 4.98 Å². The fourth-order valence-corrected chi connectivity index (χ4v) is 4.01. The van der Waals surface area contributed by atoms with Gasteiger partial charge in [-0.15, -0.1) is 0 Å². The summed E-state index contributed by atoms with van der Waals surface area (Å²) in [6.45, 7) is 8.93. The first kappa shape index (κ1) is 17.9. The van der Waals surface area contributed by atoms with Crippen molar-refractivity contribution in [2.75, 3.05) is 19.6 Å². The molecule has 0 saturated carbocycles. The Morgan fingerprint density at radius 1 is 1.24 bits per heavy atom. The highest BCUT2D eigenvalue weighted by atomic mass is 16.2. The number of aromatic nitrogens is 1. The molecule has 0 spiro atoms. The van der Waals surface area contributed by atoms with Crippen molar-refractivity contribution in [3.63, 3.8) is 0 Å². The molecule has 136 valence electrons. The standard InChI is InChI=1S/C20H29N3O2/c1-20(2,3)19(25)23-10-6-16-11-18(24)22(9-7-17(16)14-23)13-15-5-4-8-21-12-15/h4-5,8,12,16-17H,6-7,9-11,13-14H2,1-3H3/t16-,17-/m0/s1. The first-order valence-corrected chi connectivity index (χ1v) is 9.30. The summed E-state index contributed by atoms with van der Waals surface area (Å²) in [4.78, 5) is 33.4. The number of carbonyl (C=O) groups excluding carboxylic acids is 2. The minimum absolute atomic E-state index is 0.230. The van der Waals surface area contributed by atoms with E-state index in [9.17, 15) is 9.59 Å². The number of carbonyl (C=O) groups is 2. The summed E-state index contributed by atoms with van der Waals surface area (Å²) < 4.78 is 0. The van der Waals surface area contributed by atoms with Crippen molar-refractivity contribution >= 4 is 11.8 Å². The van der Waals surface area contributed by atoms with E-state index < -0.39 is 0 Å². The molecular formula is C20H29N3O2. The van der Waals surface area contributed by atoms with E-state index in [1.165, 1.54) is 0 Å². The van der Waals surface area contributed by atoms with E-state index in [1.54, 1.807) is 6.20 Å². The number of fused-ring (bicyclic) bond motifs is 1. The maximum Gasteiger partial charge on any atom is 0.227 e. The van der Waals surface area contributed by atoms with Gasteiger partial charge in [0, 0.05) is 50.4 Å². The first-order valence-electron chi connectivity index (χ1n) is 9.30. The maximum absolute atomic E-state index is 12.7. The zero-order valence-electron chi connectivity index (χ0n) is 15.6. The Morgan fingerprint density at radius 2 is 2.00 bits per heavy atom. The van der Waals surface area contributed by atoms with Gasteiger partial charge in [-0.05, 0) is 36.3 Å². The van der Waals surface area contributed by atoms with E-state index in [0.717, 1.165) is 38.0 Å². The molecule has 1 aromatic rings. The topological polar surface area (TPSA) is 53.5 Å². The van der Waals surface area contributed by atoms with E-state index in [-0.39, 0.29) is 17.2 Å². The molecule has 5 heteroatoms. The van der Waals surface area contributed by atoms with Crippen LogP contribution < -0.4 is 0 Å². The monoisotopic (exact) mass is 343 g/mol. The molecule has 2 fully saturated rings. The van der Waals surface area contributed by atoms with Crippen molar-refractivity contribution in [1.82, 2.24) is 14.8 Å². The van der Waals surface area contributed by atoms with Crippen molar-refractivity contribution in [1.29, 1.82) is 0 Å². The van der Waals surface area contributed by atoms with Crippen molar-refractivity contribution < 1.29 is 9.59 Å². The average Bonchev–Trinajstić information content (AvgIpc) is 2.73. The lowest BCUT2D eigenvalue weighted by atomic mass is 9.81. The van der Waals surface area contributed by atoms with Crippen LogP contribution >= 0.6 is 0 Å². The van der Waals surface area contributed by atoms with Crippen LogP contribution in [0.15, 0.2) is 24.5 Å². The molecule has 1 aromatic heterocycles. The van der Waals surface area contributed by atoms with Gasteiger partial charge in [-0.25, -0.2) is 0 Å². The zero-order valence-corrected chi connectivity index (χ0v) is 15.6. The molecule has 2 saturated heterocycles. The molecule has 3 heterocycles. The zero-order chi connectivity index (χ0) is 18.0. The van der Waals surface area contributed by atoms with E-state index >= 15 is 0 Å². The molecular weight excluding hydrogens is 314 g/mol. The predicted octanol–water partition coefficient (Wildman–Crippen LogP) is 2.71. The van der Waals surface area contributed by atoms with Gasteiger partial charge in [0.2, 0.25) is 11.8 Å². The smallest absolute Gasteiger partial charge is 0.227 e. The third kappa shape index (κ3) is 4.20. The van der Waals surface area contributed by atoms with Gasteiger partial charge in [0.25, 0.3) is 0 Å². The average molecular weight is 343 g/mol. The SMILES string of the molecule is CC(C)(C)C(=O)N1CC[C@H]2CC(=O)N(Cc3cccnc3)CC[C@H]2C1. The number of piperidine rings is 1. The molecule has 5 nitrogen and oxygen atoms in total. The Morgan fingerprint density at radius 3 is 2.68 bits per heavy atom. The van der Waals surface area contributed by atoms with E-state index in [0.29, 0.717) is 24.8 Å². The van der Waals surface area contributed by atoms with E-state index in [1.807, 2.05) is 48.9 Å². The van der Waals surface area contributed by atoms with Crippen LogP contribution in [0.25, 0.3) is 0 Å². The summed E-state index contributed by atoms with van der Waals surface area (Å²) in [6.07, 6.45) is 6.12. The fourth-order valence-electron chi connectivity index (χ4n) is 4.01. The van der Waals surface area contributed by atoms with Crippen LogP contribution in [0, 0.1) is 17.3 Å². The van der Waals surface area contributed by atoms with Crippen LogP contribution in [0.5, 0.6) is 0 Å². The summed E-state index contributed by atoms with van der Waals surface area (Å²) in [5.41, 5.74) is 0.741. The molecule has 0 radical (unpaired) electrons. The molecule has 3 rings (SSSR count). The van der Waals surface area contributed by atoms with Gasteiger partial charge in [0.05, 0.1) is 0 Å². The number of rotatable bonds is 2. The highest BCUT2D eigenvalue weighted by molar-refractivity contribution is 5.81. The lowest BCUT2D eigenvalue weighted by Gasteiger charge is -2.40. The molecule has 0 aromatic carbocycles. The second-order valence-electron chi connectivity index (χ2n) is 8.48. The second-order valence-corrected chi connectivity index (χ2v) is 8.48. The van der Waals surface area contributed by atoms with E-state index in [4.69, 9.17) is 0 Å². The highest BCUT2D eigenvalue weighted by Gasteiger charge is 2.38. The molecule has 0 bridgehead atoms. The summed E-state index contributed by atoms with van der Waals surface area (Å²) in [5, 5.41) is 0. The van der Waals surface area contributed by atoms with Crippen molar-refractivity contribution in [2.45, 2.75) is 46.6 Å². The summed E-state index contributed by atoms with van der Waals surface area (Å²) >= 11 is 0. The van der Waals surface area contributed by atoms with Gasteiger partial charge in [-0.3, -0.25) is 14.6 Å². The second kappa shape index (κ2) is 7.14. The van der Waals surface area contributed by atoms with Gasteiger partial charge in [-0.2, -0.15) is 0 Å². The van der Waals surface area contributed by atoms with Crippen LogP contribution in [-0.4, -0.2) is 46.2 Å². The molecule has 2 amide bonds. The number of hydrogen-bond donors (Lipinski definition) is 0. The number of nitrogens with zero attached hydrogens (tertiary/aromatic N) is 3. The fraction of sp³-hybridized carbons (Fsp3) is 0.650. The van der Waals surface area contributed by atoms with Crippen LogP contribution in [-0.2, 0) is 16.1 Å². The van der Waals surface area contributed by atoms with Crippen LogP contribution in [0.4, 0.5) is 0 Å². The Balaban J connectivity index is 1.65. The minimum atomic E-state index is -0.334. The lowest BCUT2D eigenvalue weighted by Crippen LogP contribution is -2.47. The summed E-state index contributed by atoms with van der Waals surface area (Å²) in [6, 6.07) is 3.93. The summed E-state index contributed by atoms with van der Waals surface area (Å²) in [5.74, 6) is 1.32. The van der Waals surface area contributed by atoms with Gasteiger partial charge < -0.3 is 9.80 Å². The van der Waals surface area contributed by atoms with Crippen LogP contribution in [0.1, 0.15) is 45.6 Å². The third-order valence-corrected chi connectivity index (χ3v) is 5.48. The molecule has 2 atom stereocenters. The molecule has 0 unspecified atom stereocenters. The van der Waals surface area contributed by atoms with Crippen molar-refractivity contribution in [3.05, 3.63) is 30.1 Å². The van der Waals surface area contributed by atoms with Crippen LogP contribution in [0.3, 0.4) is 0 Å². The number of pyridine rings is 1. The molecule has 0 aliphatic carbocycles. The maximum atomic E-state index is 12.7. The van der Waals surface area contributed by atoms with Gasteiger partial charge in [0.1, 0.15) is 0 Å². The first-order chi connectivity index (χ1) is 11.8. The Hall–Kier alpha value is -1.91. The number of hydrogen-bond acceptors (Lipinski definition) is 3. The highest BCUT2D eigenvalue weighted by Crippen LogP contribution is 2.34. The molecule has 2 aliphatic heterocycles. The molecule has 25 heavy (non-hydrogen) atoms. The minimum Gasteiger partial charge on any atom is -0.342 e. The summed E-state index contributed by atoms with van der Waals surface area (Å²) in [7, 11) is 0. The Labute approximate surface area is 150 Å². The van der Waals surface area contributed by atoms with Gasteiger partial charge in [-0.1, -0.05) is 26.8 Å². The Bertz CT molecular complexity index is 624. The third-order valence-electron chi connectivity index (χ3n) is 5.48. The molecule has 0 N–H and O–H groups in total.